The number of rotatable bonds is 5. The zero-order valence-corrected chi connectivity index (χ0v) is 16.4. The van der Waals surface area contributed by atoms with E-state index in [1.54, 1.807) is 41.8 Å². The normalized spacial score (nSPS) is 16.6. The molecule has 0 radical (unpaired) electrons. The summed E-state index contributed by atoms with van der Waals surface area (Å²) in [6.45, 7) is 0. The van der Waals surface area contributed by atoms with Crippen molar-refractivity contribution in [2.24, 2.45) is 0 Å². The molecule has 0 bridgehead atoms. The van der Waals surface area contributed by atoms with Gasteiger partial charge in [-0.05, 0) is 24.3 Å². The Hall–Kier alpha value is -3.85. The summed E-state index contributed by atoms with van der Waals surface area (Å²) in [7, 11) is 1.50. The molecule has 0 fully saturated rings. The minimum absolute atomic E-state index is 0.0265. The minimum atomic E-state index is -0.971. The monoisotopic (exact) mass is 422 g/mol. The number of amides is 1. The summed E-state index contributed by atoms with van der Waals surface area (Å²) in [4.78, 5) is 31.7. The molecule has 5 rings (SSSR count). The largest absolute Gasteiger partial charge is 0.503 e. The molecule has 0 aliphatic carbocycles. The lowest BCUT2D eigenvalue weighted by Crippen LogP contribution is -2.30. The topological polar surface area (TPSA) is 106 Å². The van der Waals surface area contributed by atoms with Crippen molar-refractivity contribution in [3.05, 3.63) is 77.1 Å². The molecule has 4 aromatic rings. The summed E-state index contributed by atoms with van der Waals surface area (Å²) in [6, 6.07) is 9.12. The predicted molar refractivity (Wildman–Crippen MR) is 108 cm³/mol. The second-order valence-electron chi connectivity index (χ2n) is 6.49. The summed E-state index contributed by atoms with van der Waals surface area (Å²) < 4.78 is 16.5. The second-order valence-corrected chi connectivity index (χ2v) is 7.36. The summed E-state index contributed by atoms with van der Waals surface area (Å²) in [5, 5.41) is 13.3. The van der Waals surface area contributed by atoms with Crippen molar-refractivity contribution in [2.45, 2.75) is 6.04 Å². The van der Waals surface area contributed by atoms with Gasteiger partial charge in [0.25, 0.3) is 5.91 Å². The van der Waals surface area contributed by atoms with Gasteiger partial charge in [-0.25, -0.2) is 4.98 Å². The summed E-state index contributed by atoms with van der Waals surface area (Å²) in [5.74, 6) is -1.26. The molecule has 0 saturated heterocycles. The predicted octanol–water partition coefficient (Wildman–Crippen LogP) is 4.27. The first-order valence-corrected chi connectivity index (χ1v) is 9.79. The molecule has 1 atom stereocenters. The van der Waals surface area contributed by atoms with Crippen LogP contribution >= 0.6 is 11.3 Å². The number of furan rings is 2. The standard InChI is InChI=1S/C21H14N2O6S/c1-27-13-5-2-4-11-10-14(29-19(11)13)17(24)15-16(12-6-3-8-28-12)23(20(26)18(15)25)21-22-7-9-30-21/h2-10,16,25H,1H3. The van der Waals surface area contributed by atoms with Gasteiger partial charge in [-0.15, -0.1) is 11.3 Å². The maximum absolute atomic E-state index is 13.4. The number of aliphatic hydroxyl groups is 1. The molecule has 8 nitrogen and oxygen atoms in total. The van der Waals surface area contributed by atoms with Crippen LogP contribution in [0.3, 0.4) is 0 Å². The highest BCUT2D eigenvalue weighted by atomic mass is 32.1. The van der Waals surface area contributed by atoms with Gasteiger partial charge in [0.2, 0.25) is 5.78 Å². The number of Topliss-reactive ketones (excluding diaryl/α,β-unsaturated/α-hetero) is 1. The van der Waals surface area contributed by atoms with Crippen LogP contribution in [0.4, 0.5) is 5.13 Å². The van der Waals surface area contributed by atoms with Crippen molar-refractivity contribution in [1.82, 2.24) is 4.98 Å². The Labute approximate surface area is 173 Å². The van der Waals surface area contributed by atoms with E-state index in [2.05, 4.69) is 4.98 Å². The van der Waals surface area contributed by atoms with E-state index in [1.807, 2.05) is 0 Å². The van der Waals surface area contributed by atoms with Crippen LogP contribution in [0.25, 0.3) is 11.0 Å². The van der Waals surface area contributed by atoms with E-state index >= 15 is 0 Å². The zero-order valence-electron chi connectivity index (χ0n) is 15.6. The molecular weight excluding hydrogens is 408 g/mol. The fourth-order valence-corrected chi connectivity index (χ4v) is 4.19. The number of carbonyl (C=O) groups excluding carboxylic acids is 2. The van der Waals surface area contributed by atoms with Gasteiger partial charge in [0.15, 0.2) is 28.0 Å². The molecule has 3 aromatic heterocycles. The number of nitrogens with zero attached hydrogens (tertiary/aromatic N) is 2. The van der Waals surface area contributed by atoms with Crippen molar-refractivity contribution in [3.63, 3.8) is 0 Å². The van der Waals surface area contributed by atoms with E-state index in [1.165, 1.54) is 35.8 Å². The first kappa shape index (κ1) is 18.2. The average molecular weight is 422 g/mol. The van der Waals surface area contributed by atoms with Crippen molar-refractivity contribution in [2.75, 3.05) is 12.0 Å². The third-order valence-electron chi connectivity index (χ3n) is 4.84. The Kier molecular flexibility index (Phi) is 4.18. The van der Waals surface area contributed by atoms with Gasteiger partial charge < -0.3 is 18.7 Å². The lowest BCUT2D eigenvalue weighted by molar-refractivity contribution is -0.117. The van der Waals surface area contributed by atoms with Crippen LogP contribution in [0.2, 0.25) is 0 Å². The van der Waals surface area contributed by atoms with E-state index in [0.29, 0.717) is 27.6 Å². The third-order valence-corrected chi connectivity index (χ3v) is 5.61. The fraction of sp³-hybridized carbons (Fsp3) is 0.0952. The number of ketones is 1. The number of hydrogen-bond acceptors (Lipinski definition) is 8. The number of carbonyl (C=O) groups is 2. The molecular formula is C21H14N2O6S. The van der Waals surface area contributed by atoms with Gasteiger partial charge >= 0.3 is 0 Å². The van der Waals surface area contributed by atoms with Gasteiger partial charge in [0.05, 0.1) is 18.9 Å². The van der Waals surface area contributed by atoms with Crippen LogP contribution in [0.15, 0.2) is 74.4 Å². The molecule has 1 amide bonds. The maximum atomic E-state index is 13.4. The van der Waals surface area contributed by atoms with Gasteiger partial charge in [-0.1, -0.05) is 12.1 Å². The summed E-state index contributed by atoms with van der Waals surface area (Å²) in [6.07, 6.45) is 2.97. The molecule has 4 heterocycles. The quantitative estimate of drug-likeness (QED) is 0.479. The lowest BCUT2D eigenvalue weighted by atomic mass is 10.00. The molecule has 1 aliphatic heterocycles. The van der Waals surface area contributed by atoms with E-state index in [4.69, 9.17) is 13.6 Å². The molecule has 30 heavy (non-hydrogen) atoms. The third kappa shape index (κ3) is 2.63. The highest BCUT2D eigenvalue weighted by Crippen LogP contribution is 2.43. The number of benzene rings is 1. The van der Waals surface area contributed by atoms with E-state index in [0.717, 1.165) is 0 Å². The molecule has 0 spiro atoms. The highest BCUT2D eigenvalue weighted by molar-refractivity contribution is 7.13. The molecule has 1 aromatic carbocycles. The van der Waals surface area contributed by atoms with Crippen molar-refractivity contribution in [3.8, 4) is 5.75 Å². The molecule has 1 aliphatic rings. The Morgan fingerprint density at radius 3 is 2.87 bits per heavy atom. The van der Waals surface area contributed by atoms with Crippen LogP contribution in [0, 0.1) is 0 Å². The van der Waals surface area contributed by atoms with Crippen LogP contribution in [-0.2, 0) is 4.79 Å². The van der Waals surface area contributed by atoms with Crippen LogP contribution < -0.4 is 9.64 Å². The smallest absolute Gasteiger partial charge is 0.296 e. The number of thiazole rings is 1. The van der Waals surface area contributed by atoms with Gasteiger partial charge in [-0.2, -0.15) is 0 Å². The molecule has 1 unspecified atom stereocenters. The number of aliphatic hydroxyl groups excluding tert-OH is 1. The minimum Gasteiger partial charge on any atom is -0.503 e. The number of hydrogen-bond donors (Lipinski definition) is 1. The first-order chi connectivity index (χ1) is 14.6. The SMILES string of the molecule is COc1cccc2cc(C(=O)C3=C(O)C(=O)N(c4nccs4)C3c3ccco3)oc12. The first-order valence-electron chi connectivity index (χ1n) is 8.91. The van der Waals surface area contributed by atoms with Gasteiger partial charge in [-0.3, -0.25) is 14.5 Å². The lowest BCUT2D eigenvalue weighted by Gasteiger charge is -2.21. The van der Waals surface area contributed by atoms with E-state index < -0.39 is 23.5 Å². The molecule has 150 valence electrons. The summed E-state index contributed by atoms with van der Waals surface area (Å²) in [5.41, 5.74) is 0.266. The number of para-hydroxylation sites is 1. The zero-order chi connectivity index (χ0) is 20.8. The Bertz CT molecular complexity index is 1290. The van der Waals surface area contributed by atoms with Gasteiger partial charge in [0.1, 0.15) is 11.8 Å². The van der Waals surface area contributed by atoms with Crippen LogP contribution in [-0.4, -0.2) is 28.9 Å². The maximum Gasteiger partial charge on any atom is 0.296 e. The molecule has 1 N–H and O–H groups in total. The molecule has 9 heteroatoms. The number of aromatic nitrogens is 1. The second kappa shape index (κ2) is 6.89. The number of ether oxygens (including phenoxy) is 1. The number of methoxy groups -OCH3 is 1. The number of fused-ring (bicyclic) bond motifs is 1. The van der Waals surface area contributed by atoms with Gasteiger partial charge in [0, 0.05) is 17.0 Å². The Morgan fingerprint density at radius 1 is 1.30 bits per heavy atom. The number of anilines is 1. The van der Waals surface area contributed by atoms with E-state index in [9.17, 15) is 14.7 Å². The molecule has 0 saturated carbocycles. The highest BCUT2D eigenvalue weighted by Gasteiger charge is 2.47. The Morgan fingerprint density at radius 2 is 2.17 bits per heavy atom. The van der Waals surface area contributed by atoms with Crippen LogP contribution in [0.1, 0.15) is 22.4 Å². The van der Waals surface area contributed by atoms with Crippen LogP contribution in [0.5, 0.6) is 5.75 Å². The van der Waals surface area contributed by atoms with Crippen molar-refractivity contribution >= 4 is 39.1 Å². The average Bonchev–Trinajstić information content (AvgIpc) is 3.54. The summed E-state index contributed by atoms with van der Waals surface area (Å²) >= 11 is 1.21. The van der Waals surface area contributed by atoms with Crippen molar-refractivity contribution < 1.29 is 28.3 Å². The Balaban J connectivity index is 1.64. The van der Waals surface area contributed by atoms with Crippen molar-refractivity contribution in [1.29, 1.82) is 0 Å². The van der Waals surface area contributed by atoms with E-state index in [-0.39, 0.29) is 11.3 Å². The fourth-order valence-electron chi connectivity index (χ4n) is 3.53.